The number of hydrogen-bond donors (Lipinski definition) is 7. The largest absolute Gasteiger partial charge is 0.368 e. The van der Waals surface area contributed by atoms with E-state index in [9.17, 15) is 24.0 Å². The van der Waals surface area contributed by atoms with Crippen LogP contribution in [0.25, 0.3) is 0 Å². The molecule has 0 radical (unpaired) electrons. The number of amides is 6. The molecule has 40 heavy (non-hydrogen) atoms. The van der Waals surface area contributed by atoms with Crippen LogP contribution in [-0.2, 0) is 19.2 Å². The highest BCUT2D eigenvalue weighted by molar-refractivity contribution is 5.91. The van der Waals surface area contributed by atoms with Gasteiger partial charge in [-0.15, -0.1) is 12.3 Å². The lowest BCUT2D eigenvalue weighted by atomic mass is 9.99. The summed E-state index contributed by atoms with van der Waals surface area (Å²) in [4.78, 5) is 61.5. The monoisotopic (exact) mass is 566 g/mol. The number of urea groups is 1. The lowest BCUT2D eigenvalue weighted by molar-refractivity contribution is -0.132. The third-order valence-corrected chi connectivity index (χ3v) is 6.39. The van der Waals surface area contributed by atoms with Crippen molar-refractivity contribution >= 4 is 29.7 Å². The van der Waals surface area contributed by atoms with Crippen molar-refractivity contribution in [1.29, 1.82) is 0 Å². The molecule has 0 aromatic rings. The van der Waals surface area contributed by atoms with Crippen LogP contribution in [0.15, 0.2) is 0 Å². The van der Waals surface area contributed by atoms with E-state index in [4.69, 9.17) is 12.2 Å². The van der Waals surface area contributed by atoms with E-state index in [0.717, 1.165) is 0 Å². The molecule has 0 aliphatic rings. The van der Waals surface area contributed by atoms with Gasteiger partial charge in [-0.3, -0.25) is 24.2 Å². The van der Waals surface area contributed by atoms with Crippen molar-refractivity contribution in [2.24, 2.45) is 5.73 Å². The molecule has 0 rings (SSSR count). The number of primary amides is 1. The standard InChI is InChI=1S/C27H50N8O5/c1-7-8-9-16-22(36)31-17-12-10-14-20(24(28)38)34-25(39)21(33-23(37)19-27(2,3)29-4)15-11-13-18-32-26(40)35(6)30-5/h1,20-21,29-30H,8-19H2,2-6H3,(H2,28,38)(H,31,36)(H,32,40)(H,33,37)(H,34,39)/t20-,21-/m0/s1. The van der Waals surface area contributed by atoms with E-state index >= 15 is 0 Å². The van der Waals surface area contributed by atoms with Gasteiger partial charge in [-0.05, 0) is 65.8 Å². The van der Waals surface area contributed by atoms with Gasteiger partial charge in [0.2, 0.25) is 23.6 Å². The number of hydrogen-bond acceptors (Lipinski definition) is 7. The molecule has 0 saturated carbocycles. The summed E-state index contributed by atoms with van der Waals surface area (Å²) in [5.74, 6) is 0.928. The summed E-state index contributed by atoms with van der Waals surface area (Å²) in [6, 6.07) is -2.07. The van der Waals surface area contributed by atoms with E-state index in [0.29, 0.717) is 70.9 Å². The molecule has 0 aromatic heterocycles. The fourth-order valence-corrected chi connectivity index (χ4v) is 3.59. The van der Waals surface area contributed by atoms with Gasteiger partial charge < -0.3 is 32.3 Å². The third kappa shape index (κ3) is 17.3. The number of nitrogens with two attached hydrogens (primary N) is 1. The number of unbranched alkanes of at least 4 members (excludes halogenated alkanes) is 3. The molecule has 0 aliphatic carbocycles. The molecule has 0 saturated heterocycles. The maximum Gasteiger partial charge on any atom is 0.331 e. The fraction of sp³-hybridized carbons (Fsp3) is 0.741. The van der Waals surface area contributed by atoms with Crippen LogP contribution < -0.4 is 37.7 Å². The Morgan fingerprint density at radius 2 is 1.48 bits per heavy atom. The first kappa shape index (κ1) is 36.6. The highest BCUT2D eigenvalue weighted by Gasteiger charge is 2.27. The molecule has 13 nitrogen and oxygen atoms in total. The normalized spacial score (nSPS) is 12.4. The van der Waals surface area contributed by atoms with Crippen LogP contribution in [0.5, 0.6) is 0 Å². The number of carbonyl (C=O) groups excluding carboxylic acids is 5. The molecular formula is C27H50N8O5. The van der Waals surface area contributed by atoms with Crippen molar-refractivity contribution in [1.82, 2.24) is 37.0 Å². The van der Waals surface area contributed by atoms with Gasteiger partial charge in [-0.25, -0.2) is 10.2 Å². The van der Waals surface area contributed by atoms with Gasteiger partial charge in [0.1, 0.15) is 12.1 Å². The molecule has 13 heteroatoms. The zero-order valence-corrected chi connectivity index (χ0v) is 24.8. The van der Waals surface area contributed by atoms with E-state index < -0.39 is 29.4 Å². The van der Waals surface area contributed by atoms with Crippen molar-refractivity contribution in [2.45, 2.75) is 95.7 Å². The van der Waals surface area contributed by atoms with E-state index in [2.05, 4.69) is 37.9 Å². The Morgan fingerprint density at radius 1 is 0.875 bits per heavy atom. The summed E-state index contributed by atoms with van der Waals surface area (Å²) in [7, 11) is 4.97. The van der Waals surface area contributed by atoms with Crippen LogP contribution in [-0.4, -0.2) is 86.5 Å². The summed E-state index contributed by atoms with van der Waals surface area (Å²) in [6.07, 6.45) is 9.76. The van der Waals surface area contributed by atoms with Crippen molar-refractivity contribution in [3.8, 4) is 12.3 Å². The van der Waals surface area contributed by atoms with Gasteiger partial charge in [0, 0.05) is 52.0 Å². The Hall–Kier alpha value is -3.37. The molecular weight excluding hydrogens is 516 g/mol. The second kappa shape index (κ2) is 20.5. The predicted molar refractivity (Wildman–Crippen MR) is 154 cm³/mol. The lowest BCUT2D eigenvalue weighted by Crippen LogP contribution is -2.54. The Labute approximate surface area is 238 Å². The first-order chi connectivity index (χ1) is 18.9. The molecule has 0 aromatic carbocycles. The van der Waals surface area contributed by atoms with E-state index in [1.54, 1.807) is 21.1 Å². The molecule has 0 heterocycles. The first-order valence-electron chi connectivity index (χ1n) is 13.8. The van der Waals surface area contributed by atoms with Crippen LogP contribution >= 0.6 is 0 Å². The first-order valence-corrected chi connectivity index (χ1v) is 13.8. The van der Waals surface area contributed by atoms with Crippen LogP contribution in [0.1, 0.15) is 78.1 Å². The summed E-state index contributed by atoms with van der Waals surface area (Å²) >= 11 is 0. The Bertz CT molecular complexity index is 858. The van der Waals surface area contributed by atoms with Gasteiger partial charge >= 0.3 is 6.03 Å². The topological polar surface area (TPSA) is 187 Å². The second-order valence-corrected chi connectivity index (χ2v) is 10.3. The van der Waals surface area contributed by atoms with Gasteiger partial charge in [0.25, 0.3) is 0 Å². The minimum atomic E-state index is -0.914. The fourth-order valence-electron chi connectivity index (χ4n) is 3.59. The quantitative estimate of drug-likeness (QED) is 0.0572. The third-order valence-electron chi connectivity index (χ3n) is 6.39. The molecule has 228 valence electrons. The van der Waals surface area contributed by atoms with Crippen molar-refractivity contribution in [2.75, 3.05) is 34.2 Å². The molecule has 0 spiro atoms. The zero-order chi connectivity index (χ0) is 30.6. The van der Waals surface area contributed by atoms with Crippen LogP contribution in [0.2, 0.25) is 0 Å². The number of nitrogens with one attached hydrogen (secondary N) is 6. The van der Waals surface area contributed by atoms with Gasteiger partial charge in [-0.2, -0.15) is 0 Å². The average molecular weight is 567 g/mol. The summed E-state index contributed by atoms with van der Waals surface area (Å²) in [5, 5.41) is 15.4. The van der Waals surface area contributed by atoms with Crippen molar-refractivity contribution in [3.05, 3.63) is 0 Å². The maximum atomic E-state index is 13.1. The number of rotatable bonds is 21. The number of terminal acetylenes is 1. The Kier molecular flexibility index (Phi) is 18.8. The molecule has 8 N–H and O–H groups in total. The Morgan fingerprint density at radius 3 is 2.02 bits per heavy atom. The molecule has 0 bridgehead atoms. The smallest absolute Gasteiger partial charge is 0.331 e. The highest BCUT2D eigenvalue weighted by Crippen LogP contribution is 2.10. The molecule has 0 unspecified atom stereocenters. The van der Waals surface area contributed by atoms with E-state index in [-0.39, 0.29) is 24.3 Å². The van der Waals surface area contributed by atoms with Crippen LogP contribution in [0.4, 0.5) is 4.79 Å². The number of hydrazine groups is 1. The molecule has 6 amide bonds. The van der Waals surface area contributed by atoms with Crippen molar-refractivity contribution in [3.63, 3.8) is 0 Å². The van der Waals surface area contributed by atoms with Gasteiger partial charge in [0.15, 0.2) is 0 Å². The SMILES string of the molecule is C#CCCCC(=O)NCCCC[C@H](NC(=O)[C@H](CCCCNC(=O)N(C)NC)NC(=O)CC(C)(C)NC)C(N)=O. The zero-order valence-electron chi connectivity index (χ0n) is 24.8. The Balaban J connectivity index is 4.96. The molecule has 0 aliphatic heterocycles. The van der Waals surface area contributed by atoms with Crippen molar-refractivity contribution < 1.29 is 24.0 Å². The van der Waals surface area contributed by atoms with Crippen LogP contribution in [0, 0.1) is 12.3 Å². The molecule has 2 atom stereocenters. The second-order valence-electron chi connectivity index (χ2n) is 10.3. The summed E-state index contributed by atoms with van der Waals surface area (Å²) < 4.78 is 0. The maximum absolute atomic E-state index is 13.1. The van der Waals surface area contributed by atoms with E-state index in [1.165, 1.54) is 5.01 Å². The molecule has 0 fully saturated rings. The van der Waals surface area contributed by atoms with E-state index in [1.807, 2.05) is 13.8 Å². The number of nitrogens with zero attached hydrogens (tertiary/aromatic N) is 1. The number of carbonyl (C=O) groups is 5. The summed E-state index contributed by atoms with van der Waals surface area (Å²) in [6.45, 7) is 4.57. The average Bonchev–Trinajstić information content (AvgIpc) is 2.90. The van der Waals surface area contributed by atoms with Gasteiger partial charge in [0.05, 0.1) is 0 Å². The van der Waals surface area contributed by atoms with Gasteiger partial charge in [-0.1, -0.05) is 0 Å². The minimum absolute atomic E-state index is 0.0799. The minimum Gasteiger partial charge on any atom is -0.368 e. The summed E-state index contributed by atoms with van der Waals surface area (Å²) in [5.41, 5.74) is 7.77. The lowest BCUT2D eigenvalue weighted by Gasteiger charge is -2.26. The van der Waals surface area contributed by atoms with Crippen LogP contribution in [0.3, 0.4) is 0 Å². The predicted octanol–water partition coefficient (Wildman–Crippen LogP) is -0.134. The highest BCUT2D eigenvalue weighted by atomic mass is 16.2.